The van der Waals surface area contributed by atoms with Gasteiger partial charge in [0.25, 0.3) is 5.91 Å². The number of nitrogens with zero attached hydrogens (tertiary/aromatic N) is 1. The Kier molecular flexibility index (Phi) is 6.41. The summed E-state index contributed by atoms with van der Waals surface area (Å²) in [5.74, 6) is 0.693. The number of amides is 1. The third kappa shape index (κ3) is 5.25. The molecule has 1 atom stereocenters. The van der Waals surface area contributed by atoms with Crippen molar-refractivity contribution < 1.29 is 9.53 Å². The lowest BCUT2D eigenvalue weighted by molar-refractivity contribution is -0.128. The van der Waals surface area contributed by atoms with Gasteiger partial charge in [0.15, 0.2) is 6.10 Å². The molecule has 0 aromatic heterocycles. The quantitative estimate of drug-likeness (QED) is 0.761. The second-order valence-corrected chi connectivity index (χ2v) is 5.97. The van der Waals surface area contributed by atoms with Gasteiger partial charge in [0.1, 0.15) is 5.75 Å². The zero-order chi connectivity index (χ0) is 16.7. The third-order valence-corrected chi connectivity index (χ3v) is 3.74. The molecule has 0 aliphatic heterocycles. The van der Waals surface area contributed by atoms with E-state index in [9.17, 15) is 4.79 Å². The Hall–Kier alpha value is -2.07. The molecule has 2 rings (SSSR count). The van der Waals surface area contributed by atoms with Gasteiger partial charge in [-0.15, -0.1) is 0 Å². The Morgan fingerprint density at radius 1 is 1.17 bits per heavy atom. The lowest BCUT2D eigenvalue weighted by atomic mass is 10.1. The predicted molar refractivity (Wildman–Crippen MR) is 94.8 cm³/mol. The first-order valence-electron chi connectivity index (χ1n) is 8.18. The van der Waals surface area contributed by atoms with E-state index in [1.807, 2.05) is 57.4 Å². The summed E-state index contributed by atoms with van der Waals surface area (Å²) in [4.78, 5) is 14.3. The van der Waals surface area contributed by atoms with Gasteiger partial charge < -0.3 is 15.0 Å². The fourth-order valence-electron chi connectivity index (χ4n) is 2.45. The molecule has 0 unspecified atom stereocenters. The van der Waals surface area contributed by atoms with Gasteiger partial charge in [-0.1, -0.05) is 37.3 Å². The predicted octanol–water partition coefficient (Wildman–Crippen LogP) is 3.07. The van der Waals surface area contributed by atoms with Crippen LogP contribution < -0.4 is 10.1 Å². The highest BCUT2D eigenvalue weighted by Gasteiger charge is 2.17. The molecule has 2 aromatic carbocycles. The Labute approximate surface area is 138 Å². The standard InChI is InChI=1S/C19H26N2O2/c1-4-18(19(22)20-12-7-13-21(2)3)23-17-11-10-15-8-5-6-9-16(15)14-17/h5-6,8-11,14,18H,4,7,12-13H2,1-3H3,(H,20,22)/t18-/m0/s1. The summed E-state index contributed by atoms with van der Waals surface area (Å²) in [5, 5.41) is 5.24. The molecule has 0 aliphatic carbocycles. The van der Waals surface area contributed by atoms with Crippen molar-refractivity contribution in [1.82, 2.24) is 10.2 Å². The van der Waals surface area contributed by atoms with Crippen molar-refractivity contribution in [2.75, 3.05) is 27.2 Å². The summed E-state index contributed by atoms with van der Waals surface area (Å²) in [6, 6.07) is 14.0. The molecule has 4 heteroatoms. The SMILES string of the molecule is CC[C@H](Oc1ccc2ccccc2c1)C(=O)NCCCN(C)C. The first-order valence-corrected chi connectivity index (χ1v) is 8.18. The summed E-state index contributed by atoms with van der Waals surface area (Å²) in [6.07, 6.45) is 1.13. The number of rotatable bonds is 8. The van der Waals surface area contributed by atoms with E-state index in [1.54, 1.807) is 0 Å². The number of hydrogen-bond acceptors (Lipinski definition) is 3. The monoisotopic (exact) mass is 314 g/mol. The average Bonchev–Trinajstić information content (AvgIpc) is 2.56. The van der Waals surface area contributed by atoms with Crippen LogP contribution in [0.4, 0.5) is 0 Å². The molecule has 0 spiro atoms. The van der Waals surface area contributed by atoms with Crippen molar-refractivity contribution >= 4 is 16.7 Å². The highest BCUT2D eigenvalue weighted by atomic mass is 16.5. The molecular formula is C19H26N2O2. The Morgan fingerprint density at radius 2 is 1.91 bits per heavy atom. The summed E-state index contributed by atoms with van der Waals surface area (Å²) in [7, 11) is 4.05. The maximum Gasteiger partial charge on any atom is 0.261 e. The Morgan fingerprint density at radius 3 is 2.61 bits per heavy atom. The van der Waals surface area contributed by atoms with Gasteiger partial charge >= 0.3 is 0 Å². The van der Waals surface area contributed by atoms with Crippen LogP contribution in [-0.2, 0) is 4.79 Å². The van der Waals surface area contributed by atoms with E-state index in [1.165, 1.54) is 5.39 Å². The van der Waals surface area contributed by atoms with Gasteiger partial charge in [0.05, 0.1) is 0 Å². The number of benzene rings is 2. The minimum atomic E-state index is -0.449. The minimum Gasteiger partial charge on any atom is -0.481 e. The van der Waals surface area contributed by atoms with E-state index in [0.717, 1.165) is 24.1 Å². The van der Waals surface area contributed by atoms with Crippen molar-refractivity contribution in [2.24, 2.45) is 0 Å². The number of carbonyl (C=O) groups excluding carboxylic acids is 1. The van der Waals surface area contributed by atoms with E-state index in [4.69, 9.17) is 4.74 Å². The number of carbonyl (C=O) groups is 1. The van der Waals surface area contributed by atoms with Crippen LogP contribution in [0.25, 0.3) is 10.8 Å². The Bertz CT molecular complexity index is 640. The molecule has 0 radical (unpaired) electrons. The van der Waals surface area contributed by atoms with Crippen molar-refractivity contribution in [3.05, 3.63) is 42.5 Å². The molecule has 4 nitrogen and oxygen atoms in total. The third-order valence-electron chi connectivity index (χ3n) is 3.74. The van der Waals surface area contributed by atoms with E-state index < -0.39 is 6.10 Å². The minimum absolute atomic E-state index is 0.0422. The lowest BCUT2D eigenvalue weighted by Crippen LogP contribution is -2.39. The van der Waals surface area contributed by atoms with E-state index in [-0.39, 0.29) is 5.91 Å². The number of nitrogens with one attached hydrogen (secondary N) is 1. The van der Waals surface area contributed by atoms with Crippen molar-refractivity contribution in [3.63, 3.8) is 0 Å². The van der Waals surface area contributed by atoms with E-state index in [2.05, 4.69) is 16.3 Å². The molecule has 124 valence electrons. The molecule has 23 heavy (non-hydrogen) atoms. The Balaban J connectivity index is 1.93. The first kappa shape index (κ1) is 17.3. The van der Waals surface area contributed by atoms with Gasteiger partial charge in [-0.05, 0) is 56.4 Å². The second kappa shape index (κ2) is 8.53. The van der Waals surface area contributed by atoms with E-state index >= 15 is 0 Å². The number of ether oxygens (including phenoxy) is 1. The molecule has 0 heterocycles. The normalized spacial score (nSPS) is 12.3. The van der Waals surface area contributed by atoms with Crippen LogP contribution in [0.5, 0.6) is 5.75 Å². The molecule has 0 fully saturated rings. The van der Waals surface area contributed by atoms with Crippen LogP contribution in [0.3, 0.4) is 0 Å². The molecule has 0 saturated carbocycles. The maximum atomic E-state index is 12.2. The number of fused-ring (bicyclic) bond motifs is 1. The molecule has 0 aliphatic rings. The summed E-state index contributed by atoms with van der Waals surface area (Å²) < 4.78 is 5.89. The topological polar surface area (TPSA) is 41.6 Å². The summed E-state index contributed by atoms with van der Waals surface area (Å²) in [5.41, 5.74) is 0. The van der Waals surface area contributed by atoms with Gasteiger partial charge in [-0.25, -0.2) is 0 Å². The molecule has 2 aromatic rings. The molecule has 0 saturated heterocycles. The van der Waals surface area contributed by atoms with Gasteiger partial charge in [0, 0.05) is 6.54 Å². The zero-order valence-electron chi connectivity index (χ0n) is 14.2. The van der Waals surface area contributed by atoms with Crippen LogP contribution in [0, 0.1) is 0 Å². The van der Waals surface area contributed by atoms with Crippen LogP contribution in [0.15, 0.2) is 42.5 Å². The molecule has 1 amide bonds. The fraction of sp³-hybridized carbons (Fsp3) is 0.421. The van der Waals surface area contributed by atoms with Gasteiger partial charge in [0.2, 0.25) is 0 Å². The van der Waals surface area contributed by atoms with Gasteiger partial charge in [-0.2, -0.15) is 0 Å². The number of hydrogen-bond donors (Lipinski definition) is 1. The van der Waals surface area contributed by atoms with Gasteiger partial charge in [-0.3, -0.25) is 4.79 Å². The van der Waals surface area contributed by atoms with Crippen LogP contribution >= 0.6 is 0 Å². The van der Waals surface area contributed by atoms with Crippen molar-refractivity contribution in [3.8, 4) is 5.75 Å². The average molecular weight is 314 g/mol. The summed E-state index contributed by atoms with van der Waals surface area (Å²) in [6.45, 7) is 3.60. The smallest absolute Gasteiger partial charge is 0.261 e. The molecule has 0 bridgehead atoms. The second-order valence-electron chi connectivity index (χ2n) is 5.97. The molecule has 1 N–H and O–H groups in total. The largest absolute Gasteiger partial charge is 0.481 e. The first-order chi connectivity index (χ1) is 11.1. The lowest BCUT2D eigenvalue weighted by Gasteiger charge is -2.18. The molecular weight excluding hydrogens is 288 g/mol. The highest BCUT2D eigenvalue weighted by Crippen LogP contribution is 2.22. The fourth-order valence-corrected chi connectivity index (χ4v) is 2.45. The van der Waals surface area contributed by atoms with Crippen LogP contribution in [-0.4, -0.2) is 44.1 Å². The highest BCUT2D eigenvalue weighted by molar-refractivity contribution is 5.84. The van der Waals surface area contributed by atoms with E-state index in [0.29, 0.717) is 13.0 Å². The summed E-state index contributed by atoms with van der Waals surface area (Å²) >= 11 is 0. The zero-order valence-corrected chi connectivity index (χ0v) is 14.2. The maximum absolute atomic E-state index is 12.2. The van der Waals surface area contributed by atoms with Crippen LogP contribution in [0.2, 0.25) is 0 Å². The van der Waals surface area contributed by atoms with Crippen molar-refractivity contribution in [2.45, 2.75) is 25.9 Å². The van der Waals surface area contributed by atoms with Crippen molar-refractivity contribution in [1.29, 1.82) is 0 Å². The van der Waals surface area contributed by atoms with Crippen LogP contribution in [0.1, 0.15) is 19.8 Å².